The summed E-state index contributed by atoms with van der Waals surface area (Å²) in [6, 6.07) is 48.1. The van der Waals surface area contributed by atoms with Gasteiger partial charge in [0.15, 0.2) is 0 Å². The lowest BCUT2D eigenvalue weighted by Gasteiger charge is -2.30. The zero-order valence-electron chi connectivity index (χ0n) is 19.7. The molecule has 0 spiro atoms. The molecule has 0 aliphatic rings. The second-order valence-electron chi connectivity index (χ2n) is 8.49. The van der Waals surface area contributed by atoms with Crippen LogP contribution in [0.4, 0.5) is 0 Å². The Morgan fingerprint density at radius 2 is 0.722 bits per heavy atom. The van der Waals surface area contributed by atoms with Crippen LogP contribution in [-0.2, 0) is 23.6 Å². The molecule has 36 heavy (non-hydrogen) atoms. The van der Waals surface area contributed by atoms with Gasteiger partial charge in [-0.05, 0) is 32.6 Å². The predicted octanol–water partition coefficient (Wildman–Crippen LogP) is 7.25. The molecule has 0 nitrogen and oxygen atoms in total. The third kappa shape index (κ3) is 4.88. The highest BCUT2D eigenvalue weighted by molar-refractivity contribution is 8.28. The molecular formula is C32H26P2S2. The molecule has 0 aliphatic carbocycles. The molecule has 0 fully saturated rings. The monoisotopic (exact) mass is 536 g/mol. The van der Waals surface area contributed by atoms with E-state index in [0.29, 0.717) is 0 Å². The van der Waals surface area contributed by atoms with E-state index in [2.05, 4.69) is 145 Å². The smallest absolute Gasteiger partial charge is 0.0386 e. The Morgan fingerprint density at radius 3 is 1.08 bits per heavy atom. The molecule has 0 saturated carbocycles. The Bertz CT molecular complexity index is 1460. The summed E-state index contributed by atoms with van der Waals surface area (Å²) in [5.41, 5.74) is 1.13. The molecule has 0 aliphatic heterocycles. The quantitative estimate of drug-likeness (QED) is 0.201. The van der Waals surface area contributed by atoms with Crippen LogP contribution in [0.25, 0.3) is 5.31 Å². The van der Waals surface area contributed by atoms with Gasteiger partial charge < -0.3 is 0 Å². The van der Waals surface area contributed by atoms with E-state index in [1.165, 1.54) is 21.2 Å². The summed E-state index contributed by atoms with van der Waals surface area (Å²) >= 11 is 13.5. The largest absolute Gasteiger partial charge is 0.0832 e. The molecule has 5 aromatic rings. The topological polar surface area (TPSA) is 0 Å². The SMILES string of the molecule is S=P(/C=C(/c1ccccc1)P(=S)(c1ccccc1)c1ccccc1)(c1ccccc1)c1ccccc1. The summed E-state index contributed by atoms with van der Waals surface area (Å²) in [6.45, 7) is 0. The van der Waals surface area contributed by atoms with Crippen LogP contribution < -0.4 is 21.2 Å². The number of rotatable bonds is 7. The highest BCUT2D eigenvalue weighted by Crippen LogP contribution is 2.61. The molecule has 0 unspecified atom stereocenters. The van der Waals surface area contributed by atoms with Gasteiger partial charge in [0.25, 0.3) is 0 Å². The Morgan fingerprint density at radius 1 is 0.417 bits per heavy atom. The predicted molar refractivity (Wildman–Crippen MR) is 167 cm³/mol. The van der Waals surface area contributed by atoms with Gasteiger partial charge in [-0.1, -0.05) is 175 Å². The molecule has 176 valence electrons. The molecule has 0 amide bonds. The van der Waals surface area contributed by atoms with Crippen molar-refractivity contribution in [3.8, 4) is 0 Å². The van der Waals surface area contributed by atoms with E-state index in [9.17, 15) is 0 Å². The summed E-state index contributed by atoms with van der Waals surface area (Å²) in [5.74, 6) is 2.38. The minimum absolute atomic E-state index is 1.13. The molecule has 0 saturated heterocycles. The Kier molecular flexibility index (Phi) is 7.61. The minimum Gasteiger partial charge on any atom is -0.0832 e. The second-order valence-corrected chi connectivity index (χ2v) is 17.2. The van der Waals surface area contributed by atoms with E-state index in [-0.39, 0.29) is 0 Å². The van der Waals surface area contributed by atoms with Crippen molar-refractivity contribution in [2.24, 2.45) is 0 Å². The fraction of sp³-hybridized carbons (Fsp3) is 0. The van der Waals surface area contributed by atoms with Gasteiger partial charge in [0, 0.05) is 17.4 Å². The lowest BCUT2D eigenvalue weighted by Crippen LogP contribution is -2.18. The van der Waals surface area contributed by atoms with Crippen LogP contribution in [0.3, 0.4) is 0 Å². The molecule has 0 atom stereocenters. The van der Waals surface area contributed by atoms with Gasteiger partial charge in [-0.3, -0.25) is 0 Å². The van der Waals surface area contributed by atoms with Crippen molar-refractivity contribution in [3.63, 3.8) is 0 Å². The fourth-order valence-electron chi connectivity index (χ4n) is 4.42. The highest BCUT2D eigenvalue weighted by atomic mass is 32.4. The summed E-state index contributed by atoms with van der Waals surface area (Å²) in [7, 11) is 0. The third-order valence-corrected chi connectivity index (χ3v) is 15.7. The lowest BCUT2D eigenvalue weighted by atomic mass is 10.2. The first-order chi connectivity index (χ1) is 17.6. The summed E-state index contributed by atoms with van der Waals surface area (Å²) in [5, 5.41) is 5.84. The molecule has 0 bridgehead atoms. The molecule has 4 heteroatoms. The molecule has 5 aromatic carbocycles. The van der Waals surface area contributed by atoms with Gasteiger partial charge in [0.2, 0.25) is 0 Å². The Hall–Kier alpha value is -2.86. The number of benzene rings is 5. The van der Waals surface area contributed by atoms with Gasteiger partial charge in [-0.25, -0.2) is 0 Å². The average Bonchev–Trinajstić information content (AvgIpc) is 2.97. The van der Waals surface area contributed by atoms with Gasteiger partial charge >= 0.3 is 0 Å². The van der Waals surface area contributed by atoms with Crippen molar-refractivity contribution < 1.29 is 0 Å². The van der Waals surface area contributed by atoms with Gasteiger partial charge in [-0.15, -0.1) is 0 Å². The van der Waals surface area contributed by atoms with Crippen molar-refractivity contribution in [2.75, 3.05) is 0 Å². The summed E-state index contributed by atoms with van der Waals surface area (Å²) in [6.07, 6.45) is 0. The lowest BCUT2D eigenvalue weighted by molar-refractivity contribution is 1.65. The number of hydrogen-bond acceptors (Lipinski definition) is 2. The first-order valence-electron chi connectivity index (χ1n) is 11.8. The molecule has 5 rings (SSSR count). The van der Waals surface area contributed by atoms with Crippen LogP contribution in [0, 0.1) is 0 Å². The van der Waals surface area contributed by atoms with E-state index in [1.54, 1.807) is 0 Å². The molecule has 0 heterocycles. The molecular weight excluding hydrogens is 510 g/mol. The van der Waals surface area contributed by atoms with E-state index in [4.69, 9.17) is 23.6 Å². The van der Waals surface area contributed by atoms with Crippen LogP contribution in [0.15, 0.2) is 157 Å². The van der Waals surface area contributed by atoms with E-state index in [0.717, 1.165) is 10.9 Å². The van der Waals surface area contributed by atoms with Gasteiger partial charge in [0.05, 0.1) is 0 Å². The van der Waals surface area contributed by atoms with Crippen LogP contribution >= 0.6 is 12.1 Å². The number of hydrogen-bond donors (Lipinski definition) is 0. The first kappa shape index (κ1) is 24.8. The maximum Gasteiger partial charge on any atom is 0.0386 e. The normalized spacial score (nSPS) is 12.3. The van der Waals surface area contributed by atoms with Gasteiger partial charge in [-0.2, -0.15) is 0 Å². The van der Waals surface area contributed by atoms with Crippen molar-refractivity contribution >= 4 is 62.2 Å². The van der Waals surface area contributed by atoms with E-state index >= 15 is 0 Å². The van der Waals surface area contributed by atoms with Gasteiger partial charge in [0.1, 0.15) is 0 Å². The van der Waals surface area contributed by atoms with Crippen LogP contribution in [-0.4, -0.2) is 0 Å². The van der Waals surface area contributed by atoms with E-state index in [1.807, 2.05) is 12.1 Å². The Balaban J connectivity index is 1.89. The van der Waals surface area contributed by atoms with Crippen molar-refractivity contribution in [1.82, 2.24) is 0 Å². The van der Waals surface area contributed by atoms with Crippen molar-refractivity contribution in [1.29, 1.82) is 0 Å². The maximum atomic E-state index is 6.82. The fourth-order valence-corrected chi connectivity index (χ4v) is 13.2. The van der Waals surface area contributed by atoms with Crippen molar-refractivity contribution in [3.05, 3.63) is 163 Å². The third-order valence-electron chi connectivity index (χ3n) is 6.23. The van der Waals surface area contributed by atoms with Crippen LogP contribution in [0.1, 0.15) is 5.56 Å². The van der Waals surface area contributed by atoms with E-state index < -0.39 is 12.1 Å². The van der Waals surface area contributed by atoms with Crippen LogP contribution in [0.5, 0.6) is 0 Å². The average molecular weight is 537 g/mol. The second kappa shape index (κ2) is 11.0. The zero-order chi connectivity index (χ0) is 24.8. The maximum absolute atomic E-state index is 6.82. The minimum atomic E-state index is -2.44. The summed E-state index contributed by atoms with van der Waals surface area (Å²) < 4.78 is 0. The summed E-state index contributed by atoms with van der Waals surface area (Å²) in [4.78, 5) is 0. The Labute approximate surface area is 224 Å². The first-order valence-corrected chi connectivity index (χ1v) is 17.5. The van der Waals surface area contributed by atoms with Crippen LogP contribution in [0.2, 0.25) is 0 Å². The standard InChI is InChI=1S/C32H26P2S2/c35-33(28-18-8-2-9-19-28,29-20-10-3-11-21-29)26-32(27-16-6-1-7-17-27)34(36,30-22-12-4-13-23-30)31-24-14-5-15-25-31/h1-26H/b32-26-. The molecule has 0 aromatic heterocycles. The molecule has 0 N–H and O–H groups in total. The molecule has 0 radical (unpaired) electrons. The highest BCUT2D eigenvalue weighted by Gasteiger charge is 2.31. The zero-order valence-corrected chi connectivity index (χ0v) is 23.1. The van der Waals surface area contributed by atoms with Crippen molar-refractivity contribution in [2.45, 2.75) is 0 Å².